The van der Waals surface area contributed by atoms with Gasteiger partial charge >= 0.3 is 0 Å². The zero-order valence-electron chi connectivity index (χ0n) is 14.4. The Balaban J connectivity index is 1.56. The van der Waals surface area contributed by atoms with Gasteiger partial charge in [-0.3, -0.25) is 14.6 Å². The summed E-state index contributed by atoms with van der Waals surface area (Å²) >= 11 is 0. The van der Waals surface area contributed by atoms with Crippen LogP contribution >= 0.6 is 0 Å². The van der Waals surface area contributed by atoms with Crippen LogP contribution in [-0.4, -0.2) is 27.7 Å². The van der Waals surface area contributed by atoms with Crippen LogP contribution in [0.3, 0.4) is 0 Å². The van der Waals surface area contributed by atoms with Gasteiger partial charge in [-0.05, 0) is 37.3 Å². The fourth-order valence-corrected chi connectivity index (χ4v) is 2.73. The van der Waals surface area contributed by atoms with E-state index in [1.807, 2.05) is 0 Å². The summed E-state index contributed by atoms with van der Waals surface area (Å²) in [4.78, 5) is 35.7. The minimum Gasteiger partial charge on any atom is -0.454 e. The number of hydrogen-bond acceptors (Lipinski definition) is 6. The zero-order valence-corrected chi connectivity index (χ0v) is 14.4. The minimum atomic E-state index is -0.472. The first-order valence-electron chi connectivity index (χ1n) is 8.32. The second-order valence-electron chi connectivity index (χ2n) is 6.02. The summed E-state index contributed by atoms with van der Waals surface area (Å²) in [5.74, 6) is 1.24. The first-order chi connectivity index (χ1) is 13.1. The number of carbonyl (C=O) groups excluding carboxylic acids is 1. The summed E-state index contributed by atoms with van der Waals surface area (Å²) in [5, 5.41) is 2.84. The van der Waals surface area contributed by atoms with Crippen molar-refractivity contribution in [1.82, 2.24) is 20.3 Å². The van der Waals surface area contributed by atoms with Crippen molar-refractivity contribution < 1.29 is 14.3 Å². The number of ether oxygens (including phenoxy) is 2. The zero-order chi connectivity index (χ0) is 18.8. The van der Waals surface area contributed by atoms with E-state index in [0.717, 1.165) is 0 Å². The number of H-pyrrole nitrogens is 1. The lowest BCUT2D eigenvalue weighted by atomic mass is 10.1. The summed E-state index contributed by atoms with van der Waals surface area (Å²) in [6, 6.07) is 9.41. The van der Waals surface area contributed by atoms with Gasteiger partial charge in [0, 0.05) is 29.6 Å². The van der Waals surface area contributed by atoms with Crippen molar-refractivity contribution in [3.05, 3.63) is 70.4 Å². The van der Waals surface area contributed by atoms with Crippen molar-refractivity contribution >= 4 is 5.91 Å². The highest BCUT2D eigenvalue weighted by atomic mass is 16.7. The molecule has 1 aliphatic rings. The minimum absolute atomic E-state index is 0.143. The third-order valence-corrected chi connectivity index (χ3v) is 4.12. The summed E-state index contributed by atoms with van der Waals surface area (Å²) in [5.41, 5.74) is 1.27. The maximum atomic E-state index is 12.5. The number of carbonyl (C=O) groups is 1. The Morgan fingerprint density at radius 1 is 1.22 bits per heavy atom. The van der Waals surface area contributed by atoms with E-state index in [0.29, 0.717) is 34.1 Å². The van der Waals surface area contributed by atoms with Crippen LogP contribution in [0.25, 0.3) is 11.4 Å². The van der Waals surface area contributed by atoms with Crippen LogP contribution in [0.4, 0.5) is 0 Å². The lowest BCUT2D eigenvalue weighted by molar-refractivity contribution is 0.0938. The number of nitrogens with one attached hydrogen (secondary N) is 2. The van der Waals surface area contributed by atoms with Gasteiger partial charge in [-0.25, -0.2) is 4.98 Å². The average Bonchev–Trinajstić information content (AvgIpc) is 3.16. The second-order valence-corrected chi connectivity index (χ2v) is 6.02. The molecule has 2 N–H and O–H groups in total. The summed E-state index contributed by atoms with van der Waals surface area (Å²) in [7, 11) is 0. The molecule has 1 aliphatic heterocycles. The highest BCUT2D eigenvalue weighted by Gasteiger charge is 2.18. The highest BCUT2D eigenvalue weighted by molar-refractivity contribution is 5.95. The van der Waals surface area contributed by atoms with Crippen molar-refractivity contribution in [2.75, 3.05) is 6.79 Å². The van der Waals surface area contributed by atoms with Gasteiger partial charge in [0.2, 0.25) is 6.79 Å². The molecule has 1 atom stereocenters. The summed E-state index contributed by atoms with van der Waals surface area (Å²) in [6.07, 6.45) is 3.25. The van der Waals surface area contributed by atoms with E-state index < -0.39 is 6.04 Å². The molecule has 1 amide bonds. The van der Waals surface area contributed by atoms with Crippen molar-refractivity contribution in [3.63, 3.8) is 0 Å². The molecule has 0 bridgehead atoms. The molecule has 3 heterocycles. The lowest BCUT2D eigenvalue weighted by Crippen LogP contribution is -2.28. The molecular weight excluding hydrogens is 348 g/mol. The second kappa shape index (κ2) is 6.91. The van der Waals surface area contributed by atoms with Gasteiger partial charge in [-0.15, -0.1) is 0 Å². The van der Waals surface area contributed by atoms with E-state index >= 15 is 0 Å². The van der Waals surface area contributed by atoms with Crippen molar-refractivity contribution in [2.45, 2.75) is 13.0 Å². The van der Waals surface area contributed by atoms with Crippen LogP contribution in [0.1, 0.15) is 29.0 Å². The number of benzene rings is 1. The number of aromatic amines is 1. The molecule has 3 aromatic rings. The van der Waals surface area contributed by atoms with Crippen molar-refractivity contribution in [1.29, 1.82) is 0 Å². The molecule has 0 fully saturated rings. The topological polar surface area (TPSA) is 106 Å². The van der Waals surface area contributed by atoms with Gasteiger partial charge in [-0.2, -0.15) is 0 Å². The fourth-order valence-electron chi connectivity index (χ4n) is 2.73. The number of rotatable bonds is 4. The van der Waals surface area contributed by atoms with Gasteiger partial charge in [0.05, 0.1) is 11.7 Å². The van der Waals surface area contributed by atoms with E-state index in [1.165, 1.54) is 6.07 Å². The largest absolute Gasteiger partial charge is 0.454 e. The van der Waals surface area contributed by atoms with Crippen LogP contribution in [0.15, 0.2) is 53.6 Å². The van der Waals surface area contributed by atoms with E-state index in [2.05, 4.69) is 20.3 Å². The third kappa shape index (κ3) is 3.50. The molecule has 8 heteroatoms. The van der Waals surface area contributed by atoms with E-state index in [4.69, 9.17) is 9.47 Å². The van der Waals surface area contributed by atoms with Gasteiger partial charge in [0.1, 0.15) is 5.82 Å². The lowest BCUT2D eigenvalue weighted by Gasteiger charge is -2.14. The number of nitrogens with zero attached hydrogens (tertiary/aromatic N) is 2. The van der Waals surface area contributed by atoms with Crippen LogP contribution in [0, 0.1) is 0 Å². The monoisotopic (exact) mass is 364 g/mol. The SMILES string of the molecule is C[C@H](NC(=O)c1ccc2c(c1)OCO2)c1cc(=O)[nH]c(-c2cccnc2)n1. The van der Waals surface area contributed by atoms with Gasteiger partial charge < -0.3 is 19.8 Å². The maximum absolute atomic E-state index is 12.5. The Morgan fingerprint density at radius 3 is 2.89 bits per heavy atom. The number of pyridine rings is 1. The van der Waals surface area contributed by atoms with Crippen LogP contribution in [0.2, 0.25) is 0 Å². The Kier molecular flexibility index (Phi) is 4.29. The van der Waals surface area contributed by atoms with Crippen LogP contribution in [-0.2, 0) is 0 Å². The molecule has 27 heavy (non-hydrogen) atoms. The predicted octanol–water partition coefficient (Wildman–Crippen LogP) is 2.05. The number of hydrogen-bond donors (Lipinski definition) is 2. The Morgan fingerprint density at radius 2 is 2.07 bits per heavy atom. The normalized spacial score (nSPS) is 13.2. The molecule has 4 rings (SSSR count). The van der Waals surface area contributed by atoms with Gasteiger partial charge in [0.15, 0.2) is 11.5 Å². The molecule has 0 radical (unpaired) electrons. The fraction of sp³-hybridized carbons (Fsp3) is 0.158. The van der Waals surface area contributed by atoms with Gasteiger partial charge in [-0.1, -0.05) is 0 Å². The first kappa shape index (κ1) is 16.8. The van der Waals surface area contributed by atoms with Gasteiger partial charge in [0.25, 0.3) is 11.5 Å². The molecule has 0 spiro atoms. The molecule has 8 nitrogen and oxygen atoms in total. The number of fused-ring (bicyclic) bond motifs is 1. The molecule has 0 aliphatic carbocycles. The molecule has 2 aromatic heterocycles. The van der Waals surface area contributed by atoms with Crippen LogP contribution < -0.4 is 20.3 Å². The first-order valence-corrected chi connectivity index (χ1v) is 8.32. The summed E-state index contributed by atoms with van der Waals surface area (Å²) in [6.45, 7) is 1.91. The smallest absolute Gasteiger partial charge is 0.251 e. The molecule has 0 unspecified atom stereocenters. The van der Waals surface area contributed by atoms with E-state index in [-0.39, 0.29) is 18.3 Å². The van der Waals surface area contributed by atoms with E-state index in [9.17, 15) is 9.59 Å². The molecule has 136 valence electrons. The average molecular weight is 364 g/mol. The summed E-state index contributed by atoms with van der Waals surface area (Å²) < 4.78 is 10.5. The number of aromatic nitrogens is 3. The van der Waals surface area contributed by atoms with Crippen LogP contribution in [0.5, 0.6) is 11.5 Å². The highest BCUT2D eigenvalue weighted by Crippen LogP contribution is 2.32. The number of amides is 1. The molecule has 0 saturated carbocycles. The Labute approximate surface area is 154 Å². The maximum Gasteiger partial charge on any atom is 0.251 e. The molecule has 1 aromatic carbocycles. The van der Waals surface area contributed by atoms with E-state index in [1.54, 1.807) is 49.6 Å². The Bertz CT molecular complexity index is 1050. The Hall–Kier alpha value is -3.68. The quantitative estimate of drug-likeness (QED) is 0.734. The molecule has 0 saturated heterocycles. The van der Waals surface area contributed by atoms with Crippen molar-refractivity contribution in [2.24, 2.45) is 0 Å². The van der Waals surface area contributed by atoms with Crippen molar-refractivity contribution in [3.8, 4) is 22.9 Å². The third-order valence-electron chi connectivity index (χ3n) is 4.12. The molecular formula is C19H16N4O4. The standard InChI is InChI=1S/C19H16N4O4/c1-11(21-19(25)12-4-5-15-16(7-12)27-10-26-15)14-8-17(24)23-18(22-14)13-3-2-6-20-9-13/h2-9,11H,10H2,1H3,(H,21,25)(H,22,23,24)/t11-/m0/s1. The predicted molar refractivity (Wildman–Crippen MR) is 96.5 cm³/mol.